The minimum atomic E-state index is 0.170. The maximum absolute atomic E-state index is 2.31. The summed E-state index contributed by atoms with van der Waals surface area (Å²) in [6, 6.07) is 10.7. The number of hydrogen-bond acceptors (Lipinski definition) is 0. The van der Waals surface area contributed by atoms with Crippen molar-refractivity contribution in [3.05, 3.63) is 36.5 Å². The number of nitrogens with zero attached hydrogens (tertiary/aromatic N) is 1. The van der Waals surface area contributed by atoms with Crippen LogP contribution in [0, 0.1) is 0 Å². The van der Waals surface area contributed by atoms with Crippen LogP contribution in [0.1, 0.15) is 6.92 Å². The topological polar surface area (TPSA) is 4.93 Å². The number of aromatic nitrogens is 1. The molecule has 0 spiro atoms. The molecule has 0 aliphatic heterocycles. The molecular formula is C10H13B2N. The van der Waals surface area contributed by atoms with Crippen molar-refractivity contribution < 1.29 is 0 Å². The van der Waals surface area contributed by atoms with E-state index in [1.807, 2.05) is 0 Å². The Morgan fingerprint density at radius 2 is 1.85 bits per heavy atom. The van der Waals surface area contributed by atoms with Gasteiger partial charge >= 0.3 is 0 Å². The van der Waals surface area contributed by atoms with Gasteiger partial charge in [0.2, 0.25) is 0 Å². The molecule has 1 heterocycles. The monoisotopic (exact) mass is 169 g/mol. The van der Waals surface area contributed by atoms with E-state index < -0.39 is 0 Å². The maximum atomic E-state index is 2.31. The first-order valence-electron chi connectivity index (χ1n) is 4.65. The van der Waals surface area contributed by atoms with Crippen molar-refractivity contribution in [1.82, 2.24) is 4.57 Å². The SMILES string of the molecule is BC(B)(C)n1ccc2ccccc21. The van der Waals surface area contributed by atoms with Crippen molar-refractivity contribution in [1.29, 1.82) is 0 Å². The molecule has 3 heteroatoms. The zero-order chi connectivity index (χ0) is 9.47. The Hall–Kier alpha value is -1.11. The molecule has 0 fully saturated rings. The fraction of sp³-hybridized carbons (Fsp3) is 0.200. The van der Waals surface area contributed by atoms with E-state index in [0.717, 1.165) is 0 Å². The molecule has 0 amide bonds. The maximum Gasteiger partial charge on any atom is 0.124 e. The Bertz CT molecular complexity index is 426. The molecule has 0 bridgehead atoms. The van der Waals surface area contributed by atoms with E-state index in [1.165, 1.54) is 10.9 Å². The first-order valence-corrected chi connectivity index (χ1v) is 4.65. The third-order valence-corrected chi connectivity index (χ3v) is 2.32. The predicted octanol–water partition coefficient (Wildman–Crippen LogP) is 0.538. The minimum absolute atomic E-state index is 0.170. The van der Waals surface area contributed by atoms with Gasteiger partial charge in [-0.05, 0) is 22.9 Å². The highest BCUT2D eigenvalue weighted by atomic mass is 15.0. The van der Waals surface area contributed by atoms with Crippen LogP contribution in [0.25, 0.3) is 10.9 Å². The number of fused-ring (bicyclic) bond motifs is 1. The van der Waals surface area contributed by atoms with Crippen LogP contribution in [-0.4, -0.2) is 20.3 Å². The zero-order valence-corrected chi connectivity index (χ0v) is 8.41. The van der Waals surface area contributed by atoms with Crippen LogP contribution in [0.4, 0.5) is 0 Å². The van der Waals surface area contributed by atoms with Gasteiger partial charge in [-0.25, -0.2) is 0 Å². The van der Waals surface area contributed by atoms with Crippen LogP contribution < -0.4 is 0 Å². The highest BCUT2D eigenvalue weighted by Gasteiger charge is 2.14. The van der Waals surface area contributed by atoms with Gasteiger partial charge in [-0.15, -0.1) is 0 Å². The molecule has 0 atom stereocenters. The van der Waals surface area contributed by atoms with Crippen LogP contribution in [0.3, 0.4) is 0 Å². The van der Waals surface area contributed by atoms with E-state index in [1.54, 1.807) is 0 Å². The van der Waals surface area contributed by atoms with Crippen LogP contribution in [0.15, 0.2) is 36.5 Å². The van der Waals surface area contributed by atoms with Crippen molar-refractivity contribution in [3.8, 4) is 0 Å². The molecule has 2 aromatic rings. The molecule has 0 N–H and O–H groups in total. The van der Waals surface area contributed by atoms with Crippen molar-refractivity contribution in [2.45, 2.75) is 12.3 Å². The highest BCUT2D eigenvalue weighted by Crippen LogP contribution is 2.19. The van der Waals surface area contributed by atoms with E-state index in [4.69, 9.17) is 0 Å². The summed E-state index contributed by atoms with van der Waals surface area (Å²) in [6.07, 6.45) is 2.16. The first-order chi connectivity index (χ1) is 6.09. The van der Waals surface area contributed by atoms with Gasteiger partial charge in [0.05, 0.1) is 0 Å². The molecule has 13 heavy (non-hydrogen) atoms. The predicted molar refractivity (Wildman–Crippen MR) is 62.7 cm³/mol. The second-order valence-corrected chi connectivity index (χ2v) is 4.42. The summed E-state index contributed by atoms with van der Waals surface area (Å²) in [4.78, 5) is 0. The average molecular weight is 169 g/mol. The van der Waals surface area contributed by atoms with Gasteiger partial charge in [-0.1, -0.05) is 25.1 Å². The Balaban J connectivity index is 2.72. The number of benzene rings is 1. The summed E-state index contributed by atoms with van der Waals surface area (Å²) in [7, 11) is 4.44. The second-order valence-electron chi connectivity index (χ2n) is 4.42. The van der Waals surface area contributed by atoms with E-state index in [0.29, 0.717) is 0 Å². The molecule has 0 radical (unpaired) electrons. The van der Waals surface area contributed by atoms with Crippen LogP contribution in [-0.2, 0) is 5.34 Å². The lowest BCUT2D eigenvalue weighted by Crippen LogP contribution is -2.29. The number of para-hydroxylation sites is 1. The minimum Gasteiger partial charge on any atom is -0.358 e. The van der Waals surface area contributed by atoms with Gasteiger partial charge in [0.1, 0.15) is 15.7 Å². The molecule has 0 saturated carbocycles. The molecule has 0 aliphatic rings. The lowest BCUT2D eigenvalue weighted by molar-refractivity contribution is 0.680. The Morgan fingerprint density at radius 3 is 2.54 bits per heavy atom. The molecular weight excluding hydrogens is 156 g/mol. The summed E-state index contributed by atoms with van der Waals surface area (Å²) < 4.78 is 2.31. The molecule has 1 aromatic carbocycles. The van der Waals surface area contributed by atoms with E-state index in [-0.39, 0.29) is 5.34 Å². The van der Waals surface area contributed by atoms with Gasteiger partial charge in [0.15, 0.2) is 0 Å². The summed E-state index contributed by atoms with van der Waals surface area (Å²) in [6.45, 7) is 2.22. The molecule has 0 saturated heterocycles. The molecule has 2 rings (SSSR count). The van der Waals surface area contributed by atoms with Crippen molar-refractivity contribution in [3.63, 3.8) is 0 Å². The third-order valence-electron chi connectivity index (χ3n) is 2.32. The molecule has 0 unspecified atom stereocenters. The zero-order valence-electron chi connectivity index (χ0n) is 8.41. The normalized spacial score (nSPS) is 12.1. The molecule has 64 valence electrons. The van der Waals surface area contributed by atoms with Gasteiger partial charge < -0.3 is 4.57 Å². The Kier molecular flexibility index (Phi) is 1.76. The van der Waals surface area contributed by atoms with E-state index in [2.05, 4.69) is 63.7 Å². The fourth-order valence-corrected chi connectivity index (χ4v) is 1.67. The summed E-state index contributed by atoms with van der Waals surface area (Å²) in [5.74, 6) is 0. The third kappa shape index (κ3) is 1.39. The average Bonchev–Trinajstić information content (AvgIpc) is 2.45. The fourth-order valence-electron chi connectivity index (χ4n) is 1.67. The van der Waals surface area contributed by atoms with E-state index >= 15 is 0 Å². The van der Waals surface area contributed by atoms with Gasteiger partial charge in [-0.3, -0.25) is 0 Å². The Labute approximate surface area is 80.6 Å². The summed E-state index contributed by atoms with van der Waals surface area (Å²) >= 11 is 0. The first kappa shape index (κ1) is 8.49. The molecule has 0 aliphatic carbocycles. The quantitative estimate of drug-likeness (QED) is 0.548. The summed E-state index contributed by atoms with van der Waals surface area (Å²) in [5.41, 5.74) is 1.31. The largest absolute Gasteiger partial charge is 0.358 e. The summed E-state index contributed by atoms with van der Waals surface area (Å²) in [5, 5.41) is 1.49. The molecule has 1 aromatic heterocycles. The van der Waals surface area contributed by atoms with Crippen LogP contribution >= 0.6 is 0 Å². The lowest BCUT2D eigenvalue weighted by atomic mass is 9.63. The van der Waals surface area contributed by atoms with Gasteiger partial charge in [-0.2, -0.15) is 0 Å². The van der Waals surface area contributed by atoms with Gasteiger partial charge in [0.25, 0.3) is 0 Å². The standard InChI is InChI=1S/C10H13B2N/c1-10(11,12)13-7-6-8-4-2-3-5-9(8)13/h2-7H,11-12H2,1H3. The number of rotatable bonds is 1. The Morgan fingerprint density at radius 1 is 1.15 bits per heavy atom. The number of hydrogen-bond donors (Lipinski definition) is 0. The van der Waals surface area contributed by atoms with Crippen LogP contribution in [0.2, 0.25) is 0 Å². The van der Waals surface area contributed by atoms with Gasteiger partial charge in [0, 0.05) is 11.7 Å². The van der Waals surface area contributed by atoms with Crippen LogP contribution in [0.5, 0.6) is 0 Å². The second kappa shape index (κ2) is 2.69. The van der Waals surface area contributed by atoms with E-state index in [9.17, 15) is 0 Å². The van der Waals surface area contributed by atoms with Crippen molar-refractivity contribution >= 4 is 26.6 Å². The van der Waals surface area contributed by atoms with Crippen molar-refractivity contribution in [2.75, 3.05) is 0 Å². The lowest BCUT2D eigenvalue weighted by Gasteiger charge is -2.22. The molecule has 1 nitrogen and oxygen atoms in total. The smallest absolute Gasteiger partial charge is 0.124 e. The van der Waals surface area contributed by atoms with Crippen molar-refractivity contribution in [2.24, 2.45) is 0 Å². The highest BCUT2D eigenvalue weighted by molar-refractivity contribution is 6.37.